The second-order valence-electron chi connectivity index (χ2n) is 6.26. The van der Waals surface area contributed by atoms with Crippen LogP contribution in [0.5, 0.6) is 0 Å². The van der Waals surface area contributed by atoms with E-state index in [9.17, 15) is 13.6 Å². The molecule has 6 heteroatoms. The zero-order valence-corrected chi connectivity index (χ0v) is 14.5. The second kappa shape index (κ2) is 7.35. The van der Waals surface area contributed by atoms with Crippen molar-refractivity contribution in [1.29, 1.82) is 0 Å². The van der Waals surface area contributed by atoms with Crippen molar-refractivity contribution in [2.24, 2.45) is 0 Å². The van der Waals surface area contributed by atoms with Crippen LogP contribution in [0.15, 0.2) is 18.2 Å². The van der Waals surface area contributed by atoms with E-state index < -0.39 is 11.6 Å². The van der Waals surface area contributed by atoms with E-state index in [-0.39, 0.29) is 18.0 Å². The van der Waals surface area contributed by atoms with Gasteiger partial charge in [0.15, 0.2) is 0 Å². The highest BCUT2D eigenvalue weighted by atomic mass is 19.1. The largest absolute Gasteiger partial charge is 0.335 e. The predicted molar refractivity (Wildman–Crippen MR) is 90.4 cm³/mol. The van der Waals surface area contributed by atoms with Gasteiger partial charge in [0, 0.05) is 11.3 Å². The highest BCUT2D eigenvalue weighted by Crippen LogP contribution is 2.31. The number of carbonyl (C=O) groups excluding carboxylic acids is 1. The van der Waals surface area contributed by atoms with Crippen LogP contribution in [0.3, 0.4) is 0 Å². The summed E-state index contributed by atoms with van der Waals surface area (Å²) < 4.78 is 30.0. The van der Waals surface area contributed by atoms with Gasteiger partial charge in [0.1, 0.15) is 17.3 Å². The molecule has 2 aromatic rings. The monoisotopic (exact) mass is 348 g/mol. The summed E-state index contributed by atoms with van der Waals surface area (Å²) in [7, 11) is 0. The van der Waals surface area contributed by atoms with E-state index in [4.69, 9.17) is 4.84 Å². The second-order valence-corrected chi connectivity index (χ2v) is 6.26. The average Bonchev–Trinajstić information content (AvgIpc) is 2.89. The molecule has 1 heterocycles. The molecule has 0 saturated heterocycles. The molecule has 0 spiro atoms. The zero-order chi connectivity index (χ0) is 18.0. The van der Waals surface area contributed by atoms with E-state index in [0.29, 0.717) is 12.3 Å². The molecule has 0 saturated carbocycles. The van der Waals surface area contributed by atoms with Gasteiger partial charge in [-0.05, 0) is 62.8 Å². The van der Waals surface area contributed by atoms with Gasteiger partial charge in [-0.3, -0.25) is 9.63 Å². The maximum absolute atomic E-state index is 14.1. The molecule has 134 valence electrons. The summed E-state index contributed by atoms with van der Waals surface area (Å²) in [5.41, 5.74) is 5.77. The quantitative estimate of drug-likeness (QED) is 0.838. The Balaban J connectivity index is 2.09. The van der Waals surface area contributed by atoms with Gasteiger partial charge in [0.25, 0.3) is 5.91 Å². The number of amides is 1. The van der Waals surface area contributed by atoms with E-state index in [2.05, 4.69) is 5.48 Å². The van der Waals surface area contributed by atoms with Gasteiger partial charge in [-0.25, -0.2) is 14.3 Å². The first-order valence-electron chi connectivity index (χ1n) is 8.60. The Morgan fingerprint density at radius 1 is 1.24 bits per heavy atom. The van der Waals surface area contributed by atoms with E-state index in [1.54, 1.807) is 11.5 Å². The Hall–Kier alpha value is -2.21. The maximum atomic E-state index is 14.1. The predicted octanol–water partition coefficient (Wildman–Crippen LogP) is 3.68. The molecule has 0 unspecified atom stereocenters. The molecule has 0 radical (unpaired) electrons. The summed E-state index contributed by atoms with van der Waals surface area (Å²) in [6.45, 7) is 3.99. The van der Waals surface area contributed by atoms with Crippen LogP contribution in [0, 0.1) is 18.6 Å². The molecule has 0 bridgehead atoms. The van der Waals surface area contributed by atoms with Crippen LogP contribution < -0.4 is 5.48 Å². The number of halogens is 2. The number of aromatic nitrogens is 1. The van der Waals surface area contributed by atoms with Crippen LogP contribution in [-0.4, -0.2) is 17.1 Å². The fraction of sp³-hybridized carbons (Fsp3) is 0.421. The first-order valence-corrected chi connectivity index (χ1v) is 8.60. The van der Waals surface area contributed by atoms with Gasteiger partial charge in [-0.1, -0.05) is 6.07 Å². The molecule has 4 nitrogen and oxygen atoms in total. The third-order valence-corrected chi connectivity index (χ3v) is 4.74. The third kappa shape index (κ3) is 3.31. The van der Waals surface area contributed by atoms with Gasteiger partial charge in [0.05, 0.1) is 13.2 Å². The third-order valence-electron chi connectivity index (χ3n) is 4.74. The normalized spacial score (nSPS) is 13.6. The molecule has 1 aromatic carbocycles. The van der Waals surface area contributed by atoms with Crippen LogP contribution in [0.25, 0.3) is 0 Å². The van der Waals surface area contributed by atoms with Gasteiger partial charge < -0.3 is 4.57 Å². The Morgan fingerprint density at radius 3 is 2.60 bits per heavy atom. The molecule has 1 aliphatic rings. The molecule has 1 aromatic heterocycles. The Morgan fingerprint density at radius 2 is 1.92 bits per heavy atom. The van der Waals surface area contributed by atoms with E-state index in [1.807, 2.05) is 6.92 Å². The summed E-state index contributed by atoms with van der Waals surface area (Å²) in [4.78, 5) is 17.6. The van der Waals surface area contributed by atoms with Gasteiger partial charge >= 0.3 is 0 Å². The lowest BCUT2D eigenvalue weighted by atomic mass is 9.95. The zero-order valence-electron chi connectivity index (χ0n) is 14.5. The van der Waals surface area contributed by atoms with Gasteiger partial charge in [-0.15, -0.1) is 0 Å². The molecule has 0 atom stereocenters. The highest BCUT2D eigenvalue weighted by molar-refractivity contribution is 5.94. The van der Waals surface area contributed by atoms with Crippen molar-refractivity contribution in [2.45, 2.75) is 46.1 Å². The van der Waals surface area contributed by atoms with Crippen LogP contribution in [0.1, 0.15) is 52.6 Å². The molecule has 0 fully saturated rings. The fourth-order valence-corrected chi connectivity index (χ4v) is 3.57. The molecule has 1 aliphatic carbocycles. The summed E-state index contributed by atoms with van der Waals surface area (Å²) in [6.07, 6.45) is 3.73. The molecule has 25 heavy (non-hydrogen) atoms. The minimum atomic E-state index is -0.605. The topological polar surface area (TPSA) is 43.3 Å². The summed E-state index contributed by atoms with van der Waals surface area (Å²) >= 11 is 0. The van der Waals surface area contributed by atoms with Crippen molar-refractivity contribution in [3.63, 3.8) is 0 Å². The first kappa shape index (κ1) is 17.6. The lowest BCUT2D eigenvalue weighted by Gasteiger charge is -2.17. The number of rotatable bonds is 5. The molecule has 0 aliphatic heterocycles. The Kier molecular flexibility index (Phi) is 5.18. The van der Waals surface area contributed by atoms with Crippen molar-refractivity contribution >= 4 is 5.91 Å². The molecule has 3 rings (SSSR count). The minimum absolute atomic E-state index is 0.0104. The number of fused-ring (bicyclic) bond motifs is 1. The fourth-order valence-electron chi connectivity index (χ4n) is 3.57. The van der Waals surface area contributed by atoms with Crippen LogP contribution in [0.4, 0.5) is 8.78 Å². The average molecular weight is 348 g/mol. The Bertz CT molecular complexity index is 779. The number of nitrogens with zero attached hydrogens (tertiary/aromatic N) is 1. The number of hydrogen-bond donors (Lipinski definition) is 1. The summed E-state index contributed by atoms with van der Waals surface area (Å²) in [6, 6.07) is 3.82. The van der Waals surface area contributed by atoms with E-state index in [0.717, 1.165) is 42.5 Å². The molecule has 1 N–H and O–H groups in total. The summed E-state index contributed by atoms with van der Waals surface area (Å²) in [5.74, 6) is -1.59. The summed E-state index contributed by atoms with van der Waals surface area (Å²) in [5, 5.41) is 0. The first-order chi connectivity index (χ1) is 12.0. The number of carbonyl (C=O) groups is 1. The van der Waals surface area contributed by atoms with Crippen LogP contribution in [-0.2, 0) is 24.2 Å². The van der Waals surface area contributed by atoms with E-state index in [1.165, 1.54) is 18.2 Å². The lowest BCUT2D eigenvalue weighted by molar-refractivity contribution is 0.0355. The van der Waals surface area contributed by atoms with Crippen molar-refractivity contribution in [2.75, 3.05) is 6.61 Å². The lowest BCUT2D eigenvalue weighted by Crippen LogP contribution is -2.27. The minimum Gasteiger partial charge on any atom is -0.335 e. The van der Waals surface area contributed by atoms with Crippen molar-refractivity contribution in [3.05, 3.63) is 57.9 Å². The molecule has 1 amide bonds. The van der Waals surface area contributed by atoms with Gasteiger partial charge in [0.2, 0.25) is 0 Å². The van der Waals surface area contributed by atoms with Gasteiger partial charge in [-0.2, -0.15) is 0 Å². The molecular weight excluding hydrogens is 326 g/mol. The number of benzene rings is 1. The Labute approximate surface area is 145 Å². The highest BCUT2D eigenvalue weighted by Gasteiger charge is 2.27. The number of nitrogens with one attached hydrogen (secondary N) is 1. The number of hydroxylamine groups is 1. The van der Waals surface area contributed by atoms with Crippen LogP contribution in [0.2, 0.25) is 0 Å². The van der Waals surface area contributed by atoms with Crippen molar-refractivity contribution in [3.8, 4) is 0 Å². The van der Waals surface area contributed by atoms with E-state index >= 15 is 0 Å². The maximum Gasteiger partial charge on any atom is 0.291 e. The smallest absolute Gasteiger partial charge is 0.291 e. The SMILES string of the molecule is CCONC(=O)c1c(C)c2c(n1Cc1c(F)cccc1F)CCCC2. The van der Waals surface area contributed by atoms with Crippen molar-refractivity contribution in [1.82, 2.24) is 10.0 Å². The number of hydrogen-bond acceptors (Lipinski definition) is 2. The standard InChI is InChI=1S/C19H22F2N2O2/c1-3-25-22-19(24)18-12(2)13-7-4-5-10-17(13)23(18)11-14-15(20)8-6-9-16(14)21/h6,8-9H,3-5,7,10-11H2,1-2H3,(H,22,24). The molecular formula is C19H22F2N2O2. The van der Waals surface area contributed by atoms with Crippen LogP contribution >= 0.6 is 0 Å². The van der Waals surface area contributed by atoms with Crippen molar-refractivity contribution < 1.29 is 18.4 Å².